The van der Waals surface area contributed by atoms with Crippen LogP contribution in [0, 0.1) is 0 Å². The molecule has 0 aromatic heterocycles. The smallest absolute Gasteiger partial charge is 0.408 e. The van der Waals surface area contributed by atoms with Gasteiger partial charge in [0, 0.05) is 19.5 Å². The lowest BCUT2D eigenvalue weighted by Gasteiger charge is -2.34. The summed E-state index contributed by atoms with van der Waals surface area (Å²) in [7, 11) is 0. The van der Waals surface area contributed by atoms with Crippen molar-refractivity contribution in [2.24, 2.45) is 0 Å². The monoisotopic (exact) mass is 537 g/mol. The summed E-state index contributed by atoms with van der Waals surface area (Å²) in [5, 5.41) is 15.6. The Hall–Kier alpha value is -3.65. The van der Waals surface area contributed by atoms with Gasteiger partial charge >= 0.3 is 6.09 Å². The number of hydrogen-bond acceptors (Lipinski definition) is 5. The second kappa shape index (κ2) is 15.7. The highest BCUT2D eigenvalue weighted by Gasteiger charge is 2.36. The highest BCUT2D eigenvalue weighted by molar-refractivity contribution is 5.92. The number of carbonyl (C=O) groups is 3. The lowest BCUT2D eigenvalue weighted by Crippen LogP contribution is -2.54. The molecule has 3 amide bonds. The van der Waals surface area contributed by atoms with E-state index in [1.54, 1.807) is 45.0 Å². The number of benzene rings is 2. The molecule has 2 aromatic carbocycles. The maximum Gasteiger partial charge on any atom is 0.408 e. The average molecular weight is 538 g/mol. The zero-order chi connectivity index (χ0) is 28.8. The molecule has 0 bridgehead atoms. The van der Waals surface area contributed by atoms with E-state index >= 15 is 0 Å². The first-order valence-electron chi connectivity index (χ1n) is 13.5. The predicted molar refractivity (Wildman–Crippen MR) is 154 cm³/mol. The van der Waals surface area contributed by atoms with Crippen LogP contribution in [0.2, 0.25) is 0 Å². The molecule has 0 saturated heterocycles. The topological polar surface area (TPSA) is 108 Å². The SMILES string of the molecule is C=Cc1cccc(C(C(=O)NCCCCC)N(CCO)C(=O)C(Cc2ccccc2)NC(=O)OC(C)(C)C)c1. The van der Waals surface area contributed by atoms with Crippen LogP contribution in [0.3, 0.4) is 0 Å². The first-order chi connectivity index (χ1) is 18.6. The Morgan fingerprint density at radius 2 is 1.79 bits per heavy atom. The molecule has 212 valence electrons. The van der Waals surface area contributed by atoms with Gasteiger partial charge in [-0.3, -0.25) is 9.59 Å². The van der Waals surface area contributed by atoms with E-state index < -0.39 is 29.7 Å². The Labute approximate surface area is 232 Å². The fourth-order valence-corrected chi connectivity index (χ4v) is 4.19. The molecule has 2 aromatic rings. The highest BCUT2D eigenvalue weighted by Crippen LogP contribution is 2.25. The average Bonchev–Trinajstić information content (AvgIpc) is 2.89. The van der Waals surface area contributed by atoms with Crippen molar-refractivity contribution in [3.05, 3.63) is 77.9 Å². The molecule has 0 fully saturated rings. The fourth-order valence-electron chi connectivity index (χ4n) is 4.19. The lowest BCUT2D eigenvalue weighted by atomic mass is 9.99. The largest absolute Gasteiger partial charge is 0.444 e. The fraction of sp³-hybridized carbons (Fsp3) is 0.452. The van der Waals surface area contributed by atoms with Crippen LogP contribution in [0.15, 0.2) is 61.2 Å². The molecule has 8 nitrogen and oxygen atoms in total. The Morgan fingerprint density at radius 1 is 1.08 bits per heavy atom. The van der Waals surface area contributed by atoms with Crippen molar-refractivity contribution in [2.45, 2.75) is 71.1 Å². The number of nitrogens with zero attached hydrogens (tertiary/aromatic N) is 1. The number of unbranched alkanes of at least 4 members (excludes halogenated alkanes) is 2. The molecule has 0 heterocycles. The number of aliphatic hydroxyl groups excluding tert-OH is 1. The first kappa shape index (κ1) is 31.6. The lowest BCUT2D eigenvalue weighted by molar-refractivity contribution is -0.143. The Kier molecular flexibility index (Phi) is 12.7. The van der Waals surface area contributed by atoms with Crippen molar-refractivity contribution >= 4 is 24.0 Å². The number of aliphatic hydroxyl groups is 1. The number of hydrogen-bond donors (Lipinski definition) is 3. The van der Waals surface area contributed by atoms with Crippen molar-refractivity contribution in [1.29, 1.82) is 0 Å². The molecular weight excluding hydrogens is 494 g/mol. The molecule has 39 heavy (non-hydrogen) atoms. The molecule has 0 aliphatic heterocycles. The maximum absolute atomic E-state index is 14.1. The molecule has 8 heteroatoms. The van der Waals surface area contributed by atoms with E-state index in [1.807, 2.05) is 36.4 Å². The summed E-state index contributed by atoms with van der Waals surface area (Å²) in [6, 6.07) is 14.5. The zero-order valence-electron chi connectivity index (χ0n) is 23.6. The molecule has 2 unspecified atom stereocenters. The van der Waals surface area contributed by atoms with E-state index in [-0.39, 0.29) is 25.5 Å². The van der Waals surface area contributed by atoms with Gasteiger partial charge in [0.25, 0.3) is 0 Å². The minimum Gasteiger partial charge on any atom is -0.444 e. The van der Waals surface area contributed by atoms with Crippen molar-refractivity contribution in [1.82, 2.24) is 15.5 Å². The van der Waals surface area contributed by atoms with Crippen LogP contribution in [-0.2, 0) is 20.7 Å². The van der Waals surface area contributed by atoms with Crippen LogP contribution in [0.1, 0.15) is 69.7 Å². The number of amides is 3. The molecule has 0 aliphatic carbocycles. The molecule has 2 rings (SSSR count). The number of carbonyl (C=O) groups excluding carboxylic acids is 3. The van der Waals surface area contributed by atoms with Crippen LogP contribution in [0.25, 0.3) is 6.08 Å². The van der Waals surface area contributed by atoms with Gasteiger partial charge in [0.2, 0.25) is 11.8 Å². The molecular formula is C31H43N3O5. The molecule has 0 saturated carbocycles. The number of ether oxygens (including phenoxy) is 1. The van der Waals surface area contributed by atoms with Crippen LogP contribution in [0.5, 0.6) is 0 Å². The van der Waals surface area contributed by atoms with Crippen molar-refractivity contribution in [2.75, 3.05) is 19.7 Å². The van der Waals surface area contributed by atoms with E-state index in [4.69, 9.17) is 4.74 Å². The van der Waals surface area contributed by atoms with E-state index in [9.17, 15) is 19.5 Å². The standard InChI is InChI=1S/C31H43N3O5/c1-6-8-12-18-32-28(36)27(25-17-13-16-23(7-2)21-25)34(19-20-35)29(37)26(22-24-14-10-9-11-15-24)33-30(38)39-31(3,4)5/h7,9-11,13-17,21,26-27,35H,2,6,8,12,18-20,22H2,1,3-5H3,(H,32,36)(H,33,38). The first-order valence-corrected chi connectivity index (χ1v) is 13.5. The van der Waals surface area contributed by atoms with Gasteiger partial charge < -0.3 is 25.4 Å². The molecule has 0 radical (unpaired) electrons. The second-order valence-corrected chi connectivity index (χ2v) is 10.4. The zero-order valence-corrected chi connectivity index (χ0v) is 23.6. The maximum atomic E-state index is 14.1. The summed E-state index contributed by atoms with van der Waals surface area (Å²) >= 11 is 0. The minimum absolute atomic E-state index is 0.106. The predicted octanol–water partition coefficient (Wildman–Crippen LogP) is 4.63. The number of nitrogens with one attached hydrogen (secondary N) is 2. The van der Waals surface area contributed by atoms with Gasteiger partial charge in [0.15, 0.2) is 0 Å². The molecule has 0 aliphatic rings. The second-order valence-electron chi connectivity index (χ2n) is 10.4. The minimum atomic E-state index is -1.04. The van der Waals surface area contributed by atoms with E-state index in [0.717, 1.165) is 30.4 Å². The summed E-state index contributed by atoms with van der Waals surface area (Å²) in [6.07, 6.45) is 3.89. The molecule has 3 N–H and O–H groups in total. The summed E-state index contributed by atoms with van der Waals surface area (Å²) < 4.78 is 5.43. The Bertz CT molecular complexity index is 1080. The third-order valence-corrected chi connectivity index (χ3v) is 6.00. The van der Waals surface area contributed by atoms with Crippen molar-refractivity contribution in [3.63, 3.8) is 0 Å². The van der Waals surface area contributed by atoms with Gasteiger partial charge in [-0.2, -0.15) is 0 Å². The van der Waals surface area contributed by atoms with Gasteiger partial charge in [-0.15, -0.1) is 0 Å². The third kappa shape index (κ3) is 10.6. The normalized spacial score (nSPS) is 12.6. The van der Waals surface area contributed by atoms with Gasteiger partial charge in [-0.1, -0.05) is 81.0 Å². The quantitative estimate of drug-likeness (QED) is 0.305. The Balaban J connectivity index is 2.49. The number of rotatable bonds is 14. The van der Waals surface area contributed by atoms with Crippen molar-refractivity contribution in [3.8, 4) is 0 Å². The van der Waals surface area contributed by atoms with Gasteiger partial charge in [0.1, 0.15) is 17.7 Å². The van der Waals surface area contributed by atoms with Gasteiger partial charge in [-0.05, 0) is 49.9 Å². The highest BCUT2D eigenvalue weighted by atomic mass is 16.6. The summed E-state index contributed by atoms with van der Waals surface area (Å²) in [5.41, 5.74) is 1.43. The van der Waals surface area contributed by atoms with Crippen molar-refractivity contribution < 1.29 is 24.2 Å². The van der Waals surface area contributed by atoms with Gasteiger partial charge in [-0.25, -0.2) is 4.79 Å². The van der Waals surface area contributed by atoms with Gasteiger partial charge in [0.05, 0.1) is 6.61 Å². The van der Waals surface area contributed by atoms with E-state index in [1.165, 1.54) is 4.90 Å². The van der Waals surface area contributed by atoms with E-state index in [0.29, 0.717) is 12.1 Å². The summed E-state index contributed by atoms with van der Waals surface area (Å²) in [5.74, 6) is -0.860. The number of alkyl carbamates (subject to hydrolysis) is 1. The summed E-state index contributed by atoms with van der Waals surface area (Å²) in [6.45, 7) is 11.1. The summed E-state index contributed by atoms with van der Waals surface area (Å²) in [4.78, 5) is 41.8. The van der Waals surface area contributed by atoms with Crippen LogP contribution in [-0.4, -0.2) is 59.3 Å². The van der Waals surface area contributed by atoms with Crippen LogP contribution < -0.4 is 10.6 Å². The Morgan fingerprint density at radius 3 is 2.41 bits per heavy atom. The third-order valence-electron chi connectivity index (χ3n) is 6.00. The van der Waals surface area contributed by atoms with E-state index in [2.05, 4.69) is 24.1 Å². The molecule has 0 spiro atoms. The van der Waals surface area contributed by atoms with Crippen LogP contribution >= 0.6 is 0 Å². The van der Waals surface area contributed by atoms with Crippen LogP contribution in [0.4, 0.5) is 4.79 Å². The molecule has 2 atom stereocenters.